The molecule has 110 valence electrons. The van der Waals surface area contributed by atoms with Crippen molar-refractivity contribution in [3.05, 3.63) is 48.3 Å². The van der Waals surface area contributed by atoms with Crippen LogP contribution in [-0.2, 0) is 6.54 Å². The second kappa shape index (κ2) is 5.55. The van der Waals surface area contributed by atoms with Gasteiger partial charge < -0.3 is 15.2 Å². The Hall–Kier alpha value is -2.37. The molecule has 1 aromatic heterocycles. The van der Waals surface area contributed by atoms with Gasteiger partial charge in [0.25, 0.3) is 0 Å². The fourth-order valence-electron chi connectivity index (χ4n) is 2.70. The third-order valence-corrected chi connectivity index (χ3v) is 3.62. The zero-order chi connectivity index (χ0) is 14.8. The summed E-state index contributed by atoms with van der Waals surface area (Å²) in [5.41, 5.74) is 7.76. The van der Waals surface area contributed by atoms with Gasteiger partial charge in [0.05, 0.1) is 30.8 Å². The Morgan fingerprint density at radius 1 is 1.43 bits per heavy atom. The maximum absolute atomic E-state index is 13.5. The van der Waals surface area contributed by atoms with Gasteiger partial charge in [-0.2, -0.15) is 0 Å². The van der Waals surface area contributed by atoms with Gasteiger partial charge in [-0.1, -0.05) is 13.0 Å². The molecule has 0 fully saturated rings. The van der Waals surface area contributed by atoms with Crippen LogP contribution in [0.25, 0.3) is 0 Å². The van der Waals surface area contributed by atoms with Crippen LogP contribution in [0.4, 0.5) is 10.1 Å². The van der Waals surface area contributed by atoms with Crippen LogP contribution >= 0.6 is 0 Å². The number of anilines is 1. The average Bonchev–Trinajstić information content (AvgIpc) is 3.05. The molecule has 1 aliphatic rings. The standard InChI is InChI=1S/C15H18FN5/c1-2-6-20-10-18-8-13(20)14-9-19-15(17)21(14)12-5-3-4-11(16)7-12/h3-5,7-8,10,14H,2,6,9H2,1H3,(H2,17,19). The minimum atomic E-state index is -0.284. The summed E-state index contributed by atoms with van der Waals surface area (Å²) < 4.78 is 15.6. The Morgan fingerprint density at radius 2 is 2.29 bits per heavy atom. The van der Waals surface area contributed by atoms with Crippen LogP contribution in [0.1, 0.15) is 25.1 Å². The number of halogens is 1. The number of nitrogens with zero attached hydrogens (tertiary/aromatic N) is 4. The number of hydrogen-bond donors (Lipinski definition) is 1. The second-order valence-electron chi connectivity index (χ2n) is 5.08. The van der Waals surface area contributed by atoms with E-state index in [9.17, 15) is 4.39 Å². The number of aliphatic imine (C=N–C) groups is 1. The van der Waals surface area contributed by atoms with Gasteiger partial charge in [-0.25, -0.2) is 9.37 Å². The van der Waals surface area contributed by atoms with E-state index >= 15 is 0 Å². The van der Waals surface area contributed by atoms with Crippen LogP contribution < -0.4 is 10.6 Å². The Kier molecular flexibility index (Phi) is 3.60. The van der Waals surface area contributed by atoms with Crippen LogP contribution in [-0.4, -0.2) is 22.1 Å². The molecule has 1 aliphatic heterocycles. The summed E-state index contributed by atoms with van der Waals surface area (Å²) in [6, 6.07) is 6.37. The largest absolute Gasteiger partial charge is 0.369 e. The summed E-state index contributed by atoms with van der Waals surface area (Å²) in [7, 11) is 0. The molecule has 2 heterocycles. The van der Waals surface area contributed by atoms with Crippen molar-refractivity contribution >= 4 is 11.6 Å². The van der Waals surface area contributed by atoms with Gasteiger partial charge in [0.2, 0.25) is 0 Å². The molecule has 6 heteroatoms. The van der Waals surface area contributed by atoms with E-state index < -0.39 is 0 Å². The summed E-state index contributed by atoms with van der Waals surface area (Å²) in [5.74, 6) is 0.128. The molecule has 2 aromatic rings. The maximum atomic E-state index is 13.5. The lowest BCUT2D eigenvalue weighted by Gasteiger charge is -2.27. The number of nitrogens with two attached hydrogens (primary N) is 1. The lowest BCUT2D eigenvalue weighted by Crippen LogP contribution is -2.37. The van der Waals surface area contributed by atoms with Gasteiger partial charge in [-0.15, -0.1) is 0 Å². The molecule has 1 unspecified atom stereocenters. The average molecular weight is 287 g/mol. The van der Waals surface area contributed by atoms with Crippen LogP contribution in [0.3, 0.4) is 0 Å². The van der Waals surface area contributed by atoms with Gasteiger partial charge in [0.15, 0.2) is 5.96 Å². The van der Waals surface area contributed by atoms with Crippen molar-refractivity contribution in [3.63, 3.8) is 0 Å². The van der Waals surface area contributed by atoms with E-state index in [1.807, 2.05) is 23.5 Å². The second-order valence-corrected chi connectivity index (χ2v) is 5.08. The van der Waals surface area contributed by atoms with Gasteiger partial charge >= 0.3 is 0 Å². The van der Waals surface area contributed by atoms with E-state index in [0.717, 1.165) is 18.7 Å². The van der Waals surface area contributed by atoms with Gasteiger partial charge in [0.1, 0.15) is 5.82 Å². The van der Waals surface area contributed by atoms with Gasteiger partial charge in [0, 0.05) is 12.2 Å². The molecule has 0 saturated carbocycles. The Balaban J connectivity index is 1.97. The molecule has 3 rings (SSSR count). The molecule has 0 bridgehead atoms. The highest BCUT2D eigenvalue weighted by Crippen LogP contribution is 2.31. The highest BCUT2D eigenvalue weighted by molar-refractivity contribution is 5.97. The summed E-state index contributed by atoms with van der Waals surface area (Å²) in [6.45, 7) is 3.56. The molecule has 21 heavy (non-hydrogen) atoms. The molecule has 1 aromatic carbocycles. The molecule has 0 amide bonds. The van der Waals surface area contributed by atoms with Crippen LogP contribution in [0.15, 0.2) is 41.8 Å². The number of imidazole rings is 1. The van der Waals surface area contributed by atoms with E-state index in [-0.39, 0.29) is 11.9 Å². The monoisotopic (exact) mass is 287 g/mol. The first-order valence-electron chi connectivity index (χ1n) is 7.05. The minimum absolute atomic E-state index is 0.0409. The first-order valence-corrected chi connectivity index (χ1v) is 7.05. The first kappa shape index (κ1) is 13.6. The van der Waals surface area contributed by atoms with Crippen LogP contribution in [0.2, 0.25) is 0 Å². The summed E-state index contributed by atoms with van der Waals surface area (Å²) in [6.07, 6.45) is 4.67. The summed E-state index contributed by atoms with van der Waals surface area (Å²) >= 11 is 0. The number of aryl methyl sites for hydroxylation is 1. The predicted molar refractivity (Wildman–Crippen MR) is 80.6 cm³/mol. The predicted octanol–water partition coefficient (Wildman–Crippen LogP) is 2.31. The van der Waals surface area contributed by atoms with Crippen molar-refractivity contribution in [2.75, 3.05) is 11.4 Å². The van der Waals surface area contributed by atoms with E-state index in [4.69, 9.17) is 5.73 Å². The molecular weight excluding hydrogens is 269 g/mol. The molecule has 1 atom stereocenters. The molecule has 5 nitrogen and oxygen atoms in total. The number of hydrogen-bond acceptors (Lipinski definition) is 4. The van der Waals surface area contributed by atoms with Crippen molar-refractivity contribution in [2.24, 2.45) is 10.7 Å². The Labute approximate surface area is 122 Å². The van der Waals surface area contributed by atoms with E-state index in [1.165, 1.54) is 12.1 Å². The SMILES string of the molecule is CCCn1cncc1C1CN=C(N)N1c1cccc(F)c1. The topological polar surface area (TPSA) is 59.4 Å². The Bertz CT molecular complexity index is 664. The molecule has 2 N–H and O–H groups in total. The number of rotatable bonds is 4. The highest BCUT2D eigenvalue weighted by atomic mass is 19.1. The fraction of sp³-hybridized carbons (Fsp3) is 0.333. The number of guanidine groups is 1. The summed E-state index contributed by atoms with van der Waals surface area (Å²) in [4.78, 5) is 10.4. The van der Waals surface area contributed by atoms with E-state index in [2.05, 4.69) is 21.5 Å². The third kappa shape index (κ3) is 2.49. The van der Waals surface area contributed by atoms with Crippen molar-refractivity contribution in [2.45, 2.75) is 25.9 Å². The lowest BCUT2D eigenvalue weighted by atomic mass is 10.1. The molecule has 0 aliphatic carbocycles. The minimum Gasteiger partial charge on any atom is -0.369 e. The van der Waals surface area contributed by atoms with Crippen molar-refractivity contribution in [1.29, 1.82) is 0 Å². The van der Waals surface area contributed by atoms with Gasteiger partial charge in [-0.3, -0.25) is 4.99 Å². The lowest BCUT2D eigenvalue weighted by molar-refractivity contribution is 0.603. The normalized spacial score (nSPS) is 18.1. The molecule has 0 saturated heterocycles. The quantitative estimate of drug-likeness (QED) is 0.938. The third-order valence-electron chi connectivity index (χ3n) is 3.62. The van der Waals surface area contributed by atoms with Crippen molar-refractivity contribution in [3.8, 4) is 0 Å². The van der Waals surface area contributed by atoms with Crippen LogP contribution in [0.5, 0.6) is 0 Å². The number of aromatic nitrogens is 2. The van der Waals surface area contributed by atoms with Gasteiger partial charge in [-0.05, 0) is 24.6 Å². The summed E-state index contributed by atoms with van der Waals surface area (Å²) in [5, 5.41) is 0. The van der Waals surface area contributed by atoms with Crippen molar-refractivity contribution in [1.82, 2.24) is 9.55 Å². The number of benzene rings is 1. The molecule has 0 spiro atoms. The molecule has 0 radical (unpaired) electrons. The Morgan fingerprint density at radius 3 is 3.05 bits per heavy atom. The zero-order valence-corrected chi connectivity index (χ0v) is 11.9. The van der Waals surface area contributed by atoms with E-state index in [0.29, 0.717) is 18.2 Å². The maximum Gasteiger partial charge on any atom is 0.196 e. The fourth-order valence-corrected chi connectivity index (χ4v) is 2.70. The molecular formula is C15H18FN5. The first-order chi connectivity index (χ1) is 10.2. The van der Waals surface area contributed by atoms with Crippen molar-refractivity contribution < 1.29 is 4.39 Å². The highest BCUT2D eigenvalue weighted by Gasteiger charge is 2.31. The zero-order valence-electron chi connectivity index (χ0n) is 11.9. The van der Waals surface area contributed by atoms with E-state index in [1.54, 1.807) is 6.07 Å². The van der Waals surface area contributed by atoms with Crippen LogP contribution in [0, 0.1) is 5.82 Å². The smallest absolute Gasteiger partial charge is 0.196 e.